The number of carbonyl (C=O) groups is 1. The zero-order valence-electron chi connectivity index (χ0n) is 17.4. The Morgan fingerprint density at radius 3 is 2.44 bits per heavy atom. The highest BCUT2D eigenvalue weighted by Gasteiger charge is 2.37. The van der Waals surface area contributed by atoms with E-state index in [1.54, 1.807) is 48.5 Å². The number of benzene rings is 3. The molecule has 0 radical (unpaired) electrons. The molecular formula is C23H18ClF3N2O4S. The Kier molecular flexibility index (Phi) is 6.46. The molecular weight excluding hydrogens is 493 g/mol. The molecule has 1 atom stereocenters. The van der Waals surface area contributed by atoms with Crippen molar-refractivity contribution < 1.29 is 31.1 Å². The number of nitrogens with one attached hydrogen (secondary N) is 1. The third kappa shape index (κ3) is 5.13. The molecule has 6 nitrogen and oxygen atoms in total. The number of alkyl halides is 3. The van der Waals surface area contributed by atoms with Crippen molar-refractivity contribution in [3.05, 3.63) is 88.9 Å². The first-order chi connectivity index (χ1) is 16.0. The first kappa shape index (κ1) is 23.9. The predicted octanol–water partition coefficient (Wildman–Crippen LogP) is 5.09. The average molecular weight is 511 g/mol. The zero-order valence-corrected chi connectivity index (χ0v) is 19.0. The molecule has 0 fully saturated rings. The van der Waals surface area contributed by atoms with Gasteiger partial charge in [0.1, 0.15) is 5.75 Å². The van der Waals surface area contributed by atoms with Crippen LogP contribution < -0.4 is 14.4 Å². The highest BCUT2D eigenvalue weighted by molar-refractivity contribution is 7.92. The van der Waals surface area contributed by atoms with Gasteiger partial charge < -0.3 is 10.1 Å². The number of rotatable bonds is 5. The van der Waals surface area contributed by atoms with Crippen LogP contribution in [0.5, 0.6) is 5.75 Å². The van der Waals surface area contributed by atoms with E-state index in [2.05, 4.69) is 5.32 Å². The molecule has 1 aliphatic heterocycles. The van der Waals surface area contributed by atoms with E-state index in [1.165, 1.54) is 6.07 Å². The Morgan fingerprint density at radius 1 is 1.06 bits per heavy atom. The van der Waals surface area contributed by atoms with E-state index in [1.807, 2.05) is 0 Å². The van der Waals surface area contributed by atoms with Gasteiger partial charge in [-0.3, -0.25) is 9.10 Å². The summed E-state index contributed by atoms with van der Waals surface area (Å²) in [6, 6.07) is 17.4. The Hall–Kier alpha value is -3.24. The maximum Gasteiger partial charge on any atom is 0.416 e. The second-order valence-electron chi connectivity index (χ2n) is 7.53. The molecule has 0 spiro atoms. The number of amides is 1. The van der Waals surface area contributed by atoms with Gasteiger partial charge in [-0.25, -0.2) is 8.42 Å². The van der Waals surface area contributed by atoms with Crippen molar-refractivity contribution in [2.24, 2.45) is 0 Å². The lowest BCUT2D eigenvalue weighted by atomic mass is 10.1. The van der Waals surface area contributed by atoms with Crippen LogP contribution in [0.2, 0.25) is 5.02 Å². The molecule has 1 unspecified atom stereocenters. The van der Waals surface area contributed by atoms with Gasteiger partial charge in [-0.15, -0.1) is 0 Å². The lowest BCUT2D eigenvalue weighted by Crippen LogP contribution is -2.49. The van der Waals surface area contributed by atoms with Crippen LogP contribution in [0.3, 0.4) is 0 Å². The molecule has 1 N–H and O–H groups in total. The van der Waals surface area contributed by atoms with Gasteiger partial charge in [0.15, 0.2) is 6.10 Å². The van der Waals surface area contributed by atoms with Crippen LogP contribution in [0.25, 0.3) is 0 Å². The molecule has 0 aromatic heterocycles. The highest BCUT2D eigenvalue weighted by atomic mass is 35.5. The standard InChI is InChI=1S/C23H18ClF3N2O4S/c24-17-11-10-16(23(25,26)27)12-18(17)28-22(30)21-13-29(19-8-4-5-9-20(19)33-21)34(31,32)14-15-6-2-1-3-7-15/h1-12,21H,13-14H2,(H,28,30). The van der Waals surface area contributed by atoms with E-state index in [9.17, 15) is 26.4 Å². The number of para-hydroxylation sites is 2. The Labute approximate surface area is 199 Å². The van der Waals surface area contributed by atoms with Crippen molar-refractivity contribution in [2.75, 3.05) is 16.2 Å². The summed E-state index contributed by atoms with van der Waals surface area (Å²) < 4.78 is 72.5. The minimum absolute atomic E-state index is 0.105. The molecule has 1 amide bonds. The van der Waals surface area contributed by atoms with Gasteiger partial charge in [-0.05, 0) is 35.9 Å². The Bertz CT molecular complexity index is 1320. The maximum absolute atomic E-state index is 13.2. The minimum atomic E-state index is -4.63. The molecule has 0 bridgehead atoms. The number of fused-ring (bicyclic) bond motifs is 1. The van der Waals surface area contributed by atoms with E-state index < -0.39 is 33.8 Å². The summed E-state index contributed by atoms with van der Waals surface area (Å²) in [5.74, 6) is -0.994. The van der Waals surface area contributed by atoms with Crippen molar-refractivity contribution in [3.8, 4) is 5.75 Å². The largest absolute Gasteiger partial charge is 0.476 e. The molecule has 3 aromatic carbocycles. The van der Waals surface area contributed by atoms with Crippen molar-refractivity contribution in [1.82, 2.24) is 0 Å². The summed E-state index contributed by atoms with van der Waals surface area (Å²) >= 11 is 5.97. The van der Waals surface area contributed by atoms with Gasteiger partial charge in [0.05, 0.1) is 34.3 Å². The van der Waals surface area contributed by atoms with Crippen molar-refractivity contribution in [2.45, 2.75) is 18.0 Å². The fourth-order valence-corrected chi connectivity index (χ4v) is 5.22. The van der Waals surface area contributed by atoms with Crippen LogP contribution in [-0.4, -0.2) is 27.0 Å². The molecule has 0 saturated carbocycles. The summed E-state index contributed by atoms with van der Waals surface area (Å²) in [5, 5.41) is 2.22. The van der Waals surface area contributed by atoms with Crippen LogP contribution in [0.15, 0.2) is 72.8 Å². The van der Waals surface area contributed by atoms with Gasteiger partial charge in [-0.1, -0.05) is 54.1 Å². The van der Waals surface area contributed by atoms with Crippen LogP contribution in [0, 0.1) is 0 Å². The number of carbonyl (C=O) groups excluding carboxylic acids is 1. The monoisotopic (exact) mass is 510 g/mol. The minimum Gasteiger partial charge on any atom is -0.476 e. The summed E-state index contributed by atoms with van der Waals surface area (Å²) in [7, 11) is -3.92. The van der Waals surface area contributed by atoms with Gasteiger partial charge in [0.2, 0.25) is 10.0 Å². The molecule has 1 aliphatic rings. The number of sulfonamides is 1. The lowest BCUT2D eigenvalue weighted by Gasteiger charge is -2.34. The zero-order chi connectivity index (χ0) is 24.5. The van der Waals surface area contributed by atoms with Crippen LogP contribution in [-0.2, 0) is 26.7 Å². The van der Waals surface area contributed by atoms with E-state index >= 15 is 0 Å². The topological polar surface area (TPSA) is 75.7 Å². The Morgan fingerprint density at radius 2 is 1.74 bits per heavy atom. The predicted molar refractivity (Wildman–Crippen MR) is 122 cm³/mol. The average Bonchev–Trinajstić information content (AvgIpc) is 2.79. The van der Waals surface area contributed by atoms with E-state index in [-0.39, 0.29) is 34.4 Å². The van der Waals surface area contributed by atoms with Crippen molar-refractivity contribution >= 4 is 38.9 Å². The van der Waals surface area contributed by atoms with Crippen LogP contribution >= 0.6 is 11.6 Å². The van der Waals surface area contributed by atoms with Gasteiger partial charge in [0, 0.05) is 0 Å². The molecule has 11 heteroatoms. The lowest BCUT2D eigenvalue weighted by molar-refractivity contribution is -0.137. The summed E-state index contributed by atoms with van der Waals surface area (Å²) in [5.41, 5.74) is -0.431. The molecule has 178 valence electrons. The molecule has 34 heavy (non-hydrogen) atoms. The molecule has 1 heterocycles. The first-order valence-corrected chi connectivity index (χ1v) is 12.0. The van der Waals surface area contributed by atoms with Crippen molar-refractivity contribution in [3.63, 3.8) is 0 Å². The number of hydrogen-bond acceptors (Lipinski definition) is 4. The van der Waals surface area contributed by atoms with E-state index in [4.69, 9.17) is 16.3 Å². The van der Waals surface area contributed by atoms with Crippen LogP contribution in [0.1, 0.15) is 11.1 Å². The van der Waals surface area contributed by atoms with Gasteiger partial charge in [0.25, 0.3) is 5.91 Å². The normalized spacial score (nSPS) is 15.9. The maximum atomic E-state index is 13.2. The third-order valence-electron chi connectivity index (χ3n) is 5.11. The van der Waals surface area contributed by atoms with E-state index in [0.29, 0.717) is 11.6 Å². The molecule has 0 saturated heterocycles. The van der Waals surface area contributed by atoms with Gasteiger partial charge in [-0.2, -0.15) is 13.2 Å². The SMILES string of the molecule is O=C(Nc1cc(C(F)(F)F)ccc1Cl)C1CN(S(=O)(=O)Cc2ccccc2)c2ccccc2O1. The summed E-state index contributed by atoms with van der Waals surface area (Å²) in [6.45, 7) is -0.366. The number of nitrogens with zero attached hydrogens (tertiary/aromatic N) is 1. The van der Waals surface area contributed by atoms with Gasteiger partial charge >= 0.3 is 6.18 Å². The highest BCUT2D eigenvalue weighted by Crippen LogP contribution is 2.37. The number of halogens is 4. The summed E-state index contributed by atoms with van der Waals surface area (Å²) in [6.07, 6.45) is -5.96. The summed E-state index contributed by atoms with van der Waals surface area (Å²) in [4.78, 5) is 12.9. The number of hydrogen-bond donors (Lipinski definition) is 1. The van der Waals surface area contributed by atoms with Crippen LogP contribution in [0.4, 0.5) is 24.5 Å². The quantitative estimate of drug-likeness (QED) is 0.518. The second-order valence-corrected chi connectivity index (χ2v) is 9.83. The third-order valence-corrected chi connectivity index (χ3v) is 7.15. The second kappa shape index (κ2) is 9.19. The molecule has 0 aliphatic carbocycles. The Balaban J connectivity index is 1.61. The van der Waals surface area contributed by atoms with E-state index in [0.717, 1.165) is 16.4 Å². The first-order valence-electron chi connectivity index (χ1n) is 10.0. The fourth-order valence-electron chi connectivity index (χ4n) is 3.48. The number of anilines is 2. The smallest absolute Gasteiger partial charge is 0.416 e. The molecule has 4 rings (SSSR count). The number of ether oxygens (including phenoxy) is 1. The van der Waals surface area contributed by atoms with Crippen molar-refractivity contribution in [1.29, 1.82) is 0 Å². The molecule has 3 aromatic rings. The fraction of sp³-hybridized carbons (Fsp3) is 0.174.